The van der Waals surface area contributed by atoms with Gasteiger partial charge in [-0.25, -0.2) is 4.98 Å². The number of carboxylic acid groups (broad SMARTS) is 1. The van der Waals surface area contributed by atoms with Crippen LogP contribution in [0.3, 0.4) is 0 Å². The Kier molecular flexibility index (Phi) is 3.70. The number of hydrogen-bond donors (Lipinski definition) is 2. The van der Waals surface area contributed by atoms with Crippen LogP contribution in [0.4, 0.5) is 0 Å². The van der Waals surface area contributed by atoms with Crippen molar-refractivity contribution in [2.75, 3.05) is 6.26 Å². The summed E-state index contributed by atoms with van der Waals surface area (Å²) in [6, 6.07) is 1.32. The molecule has 6 heteroatoms. The van der Waals surface area contributed by atoms with Gasteiger partial charge in [-0.1, -0.05) is 11.8 Å². The first-order chi connectivity index (χ1) is 6.61. The summed E-state index contributed by atoms with van der Waals surface area (Å²) in [6.45, 7) is 0. The Morgan fingerprint density at radius 2 is 2.43 bits per heavy atom. The number of nitrogens with zero attached hydrogens (tertiary/aromatic N) is 1. The van der Waals surface area contributed by atoms with Crippen molar-refractivity contribution < 1.29 is 9.90 Å². The van der Waals surface area contributed by atoms with Crippen LogP contribution in [-0.2, 0) is 11.2 Å². The highest BCUT2D eigenvalue weighted by Gasteiger charge is 2.03. The molecule has 0 saturated carbocycles. The lowest BCUT2D eigenvalue weighted by Crippen LogP contribution is -2.10. The average Bonchev–Trinajstić information content (AvgIpc) is 2.14. The molecule has 76 valence electrons. The number of nitrogens with one attached hydrogen (secondary N) is 1. The van der Waals surface area contributed by atoms with E-state index in [0.29, 0.717) is 10.9 Å². The van der Waals surface area contributed by atoms with Crippen LogP contribution in [0, 0.1) is 0 Å². The molecule has 0 aliphatic rings. The van der Waals surface area contributed by atoms with E-state index >= 15 is 0 Å². The van der Waals surface area contributed by atoms with Crippen molar-refractivity contribution in [3.8, 4) is 0 Å². The van der Waals surface area contributed by atoms with Crippen LogP contribution in [-0.4, -0.2) is 27.3 Å². The number of aliphatic carboxylic acids is 1. The second kappa shape index (κ2) is 4.80. The maximum atomic E-state index is 11.1. The summed E-state index contributed by atoms with van der Waals surface area (Å²) in [5, 5.41) is 8.96. The van der Waals surface area contributed by atoms with Crippen LogP contribution < -0.4 is 5.56 Å². The molecule has 0 aliphatic heterocycles. The van der Waals surface area contributed by atoms with Gasteiger partial charge in [0.1, 0.15) is 0 Å². The van der Waals surface area contributed by atoms with Crippen molar-refractivity contribution in [2.24, 2.45) is 0 Å². The number of aromatic amines is 1. The molecule has 14 heavy (non-hydrogen) atoms. The zero-order valence-corrected chi connectivity index (χ0v) is 8.43. The Hall–Kier alpha value is -1.30. The van der Waals surface area contributed by atoms with Crippen LogP contribution in [0.5, 0.6) is 0 Å². The molecular weight excluding hydrogens is 204 g/mol. The fraction of sp³-hybridized carbons (Fsp3) is 0.375. The number of rotatable bonds is 4. The van der Waals surface area contributed by atoms with E-state index in [1.165, 1.54) is 17.8 Å². The molecule has 0 bridgehead atoms. The molecule has 0 radical (unpaired) electrons. The Morgan fingerprint density at radius 3 is 3.00 bits per heavy atom. The zero-order valence-electron chi connectivity index (χ0n) is 7.61. The molecule has 0 saturated heterocycles. The highest BCUT2D eigenvalue weighted by molar-refractivity contribution is 7.98. The van der Waals surface area contributed by atoms with E-state index in [4.69, 9.17) is 5.11 Å². The molecule has 0 atom stereocenters. The Balaban J connectivity index is 2.81. The van der Waals surface area contributed by atoms with Gasteiger partial charge in [0.15, 0.2) is 5.16 Å². The first-order valence-corrected chi connectivity index (χ1v) is 5.20. The number of carbonyl (C=O) groups is 1. The highest BCUT2D eigenvalue weighted by atomic mass is 32.2. The molecule has 2 N–H and O–H groups in total. The van der Waals surface area contributed by atoms with Crippen molar-refractivity contribution in [2.45, 2.75) is 18.0 Å². The fourth-order valence-electron chi connectivity index (χ4n) is 0.943. The minimum absolute atomic E-state index is 0.00965. The van der Waals surface area contributed by atoms with Crippen molar-refractivity contribution in [1.82, 2.24) is 9.97 Å². The molecule has 1 heterocycles. The Labute approximate surface area is 84.6 Å². The van der Waals surface area contributed by atoms with Gasteiger partial charge in [0.25, 0.3) is 5.56 Å². The Bertz CT molecular complexity index is 388. The summed E-state index contributed by atoms with van der Waals surface area (Å²) in [4.78, 5) is 28.0. The van der Waals surface area contributed by atoms with Gasteiger partial charge < -0.3 is 10.1 Å². The maximum absolute atomic E-state index is 11.1. The lowest BCUT2D eigenvalue weighted by molar-refractivity contribution is -0.136. The van der Waals surface area contributed by atoms with E-state index < -0.39 is 5.97 Å². The third-order valence-corrected chi connectivity index (χ3v) is 2.14. The van der Waals surface area contributed by atoms with Gasteiger partial charge in [-0.3, -0.25) is 9.59 Å². The van der Waals surface area contributed by atoms with E-state index in [1.54, 1.807) is 6.26 Å². The molecular formula is C8H10N2O3S. The molecule has 0 aromatic carbocycles. The zero-order chi connectivity index (χ0) is 10.6. The molecule has 0 unspecified atom stereocenters. The third-order valence-electron chi connectivity index (χ3n) is 1.56. The molecule has 5 nitrogen and oxygen atoms in total. The topological polar surface area (TPSA) is 83.0 Å². The number of thioether (sulfide) groups is 1. The third kappa shape index (κ3) is 3.21. The first-order valence-electron chi connectivity index (χ1n) is 3.98. The SMILES string of the molecule is CSc1nc(CCC(=O)O)cc(=O)[nH]1. The summed E-state index contributed by atoms with van der Waals surface area (Å²) < 4.78 is 0. The van der Waals surface area contributed by atoms with E-state index in [2.05, 4.69) is 9.97 Å². The van der Waals surface area contributed by atoms with Crippen molar-refractivity contribution in [3.05, 3.63) is 22.1 Å². The molecule has 0 aliphatic carbocycles. The standard InChI is InChI=1S/C8H10N2O3S/c1-14-8-9-5(2-3-7(12)13)4-6(11)10-8/h4H,2-3H2,1H3,(H,12,13)(H,9,10,11). The van der Waals surface area contributed by atoms with Crippen molar-refractivity contribution in [1.29, 1.82) is 0 Å². The number of aromatic nitrogens is 2. The smallest absolute Gasteiger partial charge is 0.303 e. The lowest BCUT2D eigenvalue weighted by Gasteiger charge is -1.99. The second-order valence-corrected chi connectivity index (χ2v) is 3.43. The van der Waals surface area contributed by atoms with Gasteiger partial charge >= 0.3 is 5.97 Å². The number of H-pyrrole nitrogens is 1. The van der Waals surface area contributed by atoms with E-state index in [0.717, 1.165) is 0 Å². The molecule has 0 fully saturated rings. The summed E-state index contributed by atoms with van der Waals surface area (Å²) >= 11 is 1.32. The Morgan fingerprint density at radius 1 is 1.71 bits per heavy atom. The fourth-order valence-corrected chi connectivity index (χ4v) is 1.35. The highest BCUT2D eigenvalue weighted by Crippen LogP contribution is 2.06. The van der Waals surface area contributed by atoms with E-state index in [9.17, 15) is 9.59 Å². The molecule has 0 amide bonds. The van der Waals surface area contributed by atoms with Gasteiger partial charge in [-0.05, 0) is 6.26 Å². The minimum Gasteiger partial charge on any atom is -0.481 e. The van der Waals surface area contributed by atoms with Gasteiger partial charge in [0.05, 0.1) is 6.42 Å². The number of aryl methyl sites for hydroxylation is 1. The predicted octanol–water partition coefficient (Wildman–Crippen LogP) is 0.509. The molecule has 1 aromatic heterocycles. The van der Waals surface area contributed by atoms with Gasteiger partial charge in [0.2, 0.25) is 0 Å². The largest absolute Gasteiger partial charge is 0.481 e. The first kappa shape index (κ1) is 10.8. The van der Waals surface area contributed by atoms with Crippen LogP contribution in [0.1, 0.15) is 12.1 Å². The van der Waals surface area contributed by atoms with Crippen LogP contribution in [0.15, 0.2) is 16.0 Å². The van der Waals surface area contributed by atoms with Crippen LogP contribution >= 0.6 is 11.8 Å². The second-order valence-electron chi connectivity index (χ2n) is 2.64. The van der Waals surface area contributed by atoms with Crippen LogP contribution in [0.2, 0.25) is 0 Å². The average molecular weight is 214 g/mol. The summed E-state index contributed by atoms with van der Waals surface area (Å²) in [6.07, 6.45) is 2.07. The van der Waals surface area contributed by atoms with Gasteiger partial charge in [-0.2, -0.15) is 0 Å². The minimum atomic E-state index is -0.891. The van der Waals surface area contributed by atoms with Crippen molar-refractivity contribution >= 4 is 17.7 Å². The monoisotopic (exact) mass is 214 g/mol. The molecule has 1 aromatic rings. The van der Waals surface area contributed by atoms with Gasteiger partial charge in [0, 0.05) is 18.2 Å². The lowest BCUT2D eigenvalue weighted by atomic mass is 10.2. The van der Waals surface area contributed by atoms with E-state index in [-0.39, 0.29) is 18.4 Å². The summed E-state index contributed by atoms with van der Waals surface area (Å²) in [5.74, 6) is -0.891. The quantitative estimate of drug-likeness (QED) is 0.563. The van der Waals surface area contributed by atoms with Crippen molar-refractivity contribution in [3.63, 3.8) is 0 Å². The number of carboxylic acids is 1. The van der Waals surface area contributed by atoms with E-state index in [1.807, 2.05) is 0 Å². The summed E-state index contributed by atoms with van der Waals surface area (Å²) in [5.41, 5.74) is 0.269. The molecule has 0 spiro atoms. The molecule has 1 rings (SSSR count). The number of hydrogen-bond acceptors (Lipinski definition) is 4. The normalized spacial score (nSPS) is 10.1. The predicted molar refractivity (Wildman–Crippen MR) is 52.6 cm³/mol. The summed E-state index contributed by atoms with van der Waals surface area (Å²) in [7, 11) is 0. The maximum Gasteiger partial charge on any atom is 0.303 e. The van der Waals surface area contributed by atoms with Crippen LogP contribution in [0.25, 0.3) is 0 Å². The van der Waals surface area contributed by atoms with Gasteiger partial charge in [-0.15, -0.1) is 0 Å².